The van der Waals surface area contributed by atoms with Crippen LogP contribution in [0.2, 0.25) is 0 Å². The van der Waals surface area contributed by atoms with E-state index < -0.39 is 0 Å². The van der Waals surface area contributed by atoms with Gasteiger partial charge in [-0.1, -0.05) is 66.7 Å². The van der Waals surface area contributed by atoms with Crippen molar-refractivity contribution in [1.29, 1.82) is 5.26 Å². The van der Waals surface area contributed by atoms with Crippen LogP contribution >= 0.6 is 0 Å². The van der Waals surface area contributed by atoms with E-state index in [-0.39, 0.29) is 5.78 Å². The number of Topliss-reactive ketones (excluding diaryl/α,β-unsaturated/α-hetero) is 1. The lowest BCUT2D eigenvalue weighted by atomic mass is 9.93. The first kappa shape index (κ1) is 17.6. The smallest absolute Gasteiger partial charge is 0.160 e. The molecular formula is C24H21NO. The van der Waals surface area contributed by atoms with Crippen LogP contribution in [0.5, 0.6) is 0 Å². The number of nitriles is 1. The third-order valence-electron chi connectivity index (χ3n) is 4.62. The molecule has 0 spiro atoms. The van der Waals surface area contributed by atoms with Crippen LogP contribution in [0.1, 0.15) is 40.4 Å². The van der Waals surface area contributed by atoms with Crippen molar-refractivity contribution in [2.75, 3.05) is 0 Å². The van der Waals surface area contributed by atoms with Crippen LogP contribution < -0.4 is 0 Å². The van der Waals surface area contributed by atoms with E-state index in [2.05, 4.69) is 24.3 Å². The zero-order valence-electron chi connectivity index (χ0n) is 14.9. The summed E-state index contributed by atoms with van der Waals surface area (Å²) in [6.45, 7) is 1.62. The summed E-state index contributed by atoms with van der Waals surface area (Å²) in [5, 5.41) is 9.22. The number of ketones is 1. The number of benzene rings is 3. The molecule has 0 fully saturated rings. The Morgan fingerprint density at radius 3 is 2.27 bits per heavy atom. The fraction of sp³-hybridized carbons (Fsp3) is 0.167. The van der Waals surface area contributed by atoms with Gasteiger partial charge in [-0.2, -0.15) is 5.26 Å². The molecule has 26 heavy (non-hydrogen) atoms. The molecule has 0 aliphatic carbocycles. The fourth-order valence-electron chi connectivity index (χ4n) is 3.27. The second-order valence-electron chi connectivity index (χ2n) is 6.42. The minimum Gasteiger partial charge on any atom is -0.295 e. The van der Waals surface area contributed by atoms with Crippen molar-refractivity contribution in [3.05, 3.63) is 95.1 Å². The van der Waals surface area contributed by atoms with Gasteiger partial charge in [-0.3, -0.25) is 4.79 Å². The van der Waals surface area contributed by atoms with Crippen molar-refractivity contribution in [3.63, 3.8) is 0 Å². The van der Waals surface area contributed by atoms with Crippen molar-refractivity contribution in [2.45, 2.75) is 26.2 Å². The van der Waals surface area contributed by atoms with Gasteiger partial charge in [-0.25, -0.2) is 0 Å². The van der Waals surface area contributed by atoms with Crippen molar-refractivity contribution >= 4 is 5.78 Å². The SMILES string of the molecule is CC(=O)c1ccc(-c2ccccc2)cc1CCCc1ccccc1C#N. The second-order valence-corrected chi connectivity index (χ2v) is 6.42. The Balaban J connectivity index is 1.81. The summed E-state index contributed by atoms with van der Waals surface area (Å²) >= 11 is 0. The molecular weight excluding hydrogens is 318 g/mol. The number of carbonyl (C=O) groups excluding carboxylic acids is 1. The van der Waals surface area contributed by atoms with Crippen LogP contribution in [0.25, 0.3) is 11.1 Å². The minimum atomic E-state index is 0.0945. The van der Waals surface area contributed by atoms with E-state index in [9.17, 15) is 10.1 Å². The van der Waals surface area contributed by atoms with Gasteiger partial charge in [-0.15, -0.1) is 0 Å². The van der Waals surface area contributed by atoms with Crippen LogP contribution in [0.3, 0.4) is 0 Å². The number of nitrogens with zero attached hydrogens (tertiary/aromatic N) is 1. The normalized spacial score (nSPS) is 10.3. The first-order valence-electron chi connectivity index (χ1n) is 8.86. The topological polar surface area (TPSA) is 40.9 Å². The highest BCUT2D eigenvalue weighted by Crippen LogP contribution is 2.24. The van der Waals surface area contributed by atoms with E-state index in [1.807, 2.05) is 54.6 Å². The van der Waals surface area contributed by atoms with E-state index in [4.69, 9.17) is 0 Å². The largest absolute Gasteiger partial charge is 0.295 e. The number of hydrogen-bond donors (Lipinski definition) is 0. The molecule has 128 valence electrons. The number of carbonyl (C=O) groups is 1. The highest BCUT2D eigenvalue weighted by atomic mass is 16.1. The molecule has 0 saturated carbocycles. The Bertz CT molecular complexity index is 951. The van der Waals surface area contributed by atoms with Crippen molar-refractivity contribution in [2.24, 2.45) is 0 Å². The maximum Gasteiger partial charge on any atom is 0.160 e. The summed E-state index contributed by atoms with van der Waals surface area (Å²) in [7, 11) is 0. The first-order valence-corrected chi connectivity index (χ1v) is 8.86. The molecule has 0 heterocycles. The number of rotatable bonds is 6. The quantitative estimate of drug-likeness (QED) is 0.548. The van der Waals surface area contributed by atoms with Gasteiger partial charge < -0.3 is 0 Å². The lowest BCUT2D eigenvalue weighted by molar-refractivity contribution is 0.101. The van der Waals surface area contributed by atoms with Gasteiger partial charge >= 0.3 is 0 Å². The van der Waals surface area contributed by atoms with Crippen molar-refractivity contribution < 1.29 is 4.79 Å². The second kappa shape index (κ2) is 8.27. The number of aryl methyl sites for hydroxylation is 2. The van der Waals surface area contributed by atoms with Gasteiger partial charge in [-0.05, 0) is 54.5 Å². The molecule has 3 aromatic rings. The van der Waals surface area contributed by atoms with Gasteiger partial charge in [0.25, 0.3) is 0 Å². The van der Waals surface area contributed by atoms with E-state index in [1.165, 1.54) is 0 Å². The molecule has 0 aliphatic rings. The molecule has 2 nitrogen and oxygen atoms in total. The van der Waals surface area contributed by atoms with Crippen molar-refractivity contribution in [1.82, 2.24) is 0 Å². The average molecular weight is 339 g/mol. The van der Waals surface area contributed by atoms with Gasteiger partial charge in [0.1, 0.15) is 0 Å². The van der Waals surface area contributed by atoms with E-state index in [1.54, 1.807) is 6.92 Å². The predicted octanol–water partition coefficient (Wildman–Crippen LogP) is 5.60. The highest BCUT2D eigenvalue weighted by molar-refractivity contribution is 5.96. The van der Waals surface area contributed by atoms with Crippen molar-refractivity contribution in [3.8, 4) is 17.2 Å². The van der Waals surface area contributed by atoms with E-state index in [0.29, 0.717) is 0 Å². The summed E-state index contributed by atoms with van der Waals surface area (Å²) in [4.78, 5) is 12.0. The van der Waals surface area contributed by atoms with Crippen LogP contribution in [-0.2, 0) is 12.8 Å². The molecule has 3 rings (SSSR count). The Morgan fingerprint density at radius 2 is 1.54 bits per heavy atom. The standard InChI is InChI=1S/C24H21NO/c1-18(26)24-15-14-21(19-8-3-2-4-9-19)16-22(24)13-7-12-20-10-5-6-11-23(20)17-25/h2-6,8-11,14-16H,7,12-13H2,1H3. The molecule has 0 bridgehead atoms. The predicted molar refractivity (Wildman–Crippen MR) is 105 cm³/mol. The maximum absolute atomic E-state index is 12.0. The first-order chi connectivity index (χ1) is 12.7. The fourth-order valence-corrected chi connectivity index (χ4v) is 3.27. The van der Waals surface area contributed by atoms with Gasteiger partial charge in [0.15, 0.2) is 5.78 Å². The van der Waals surface area contributed by atoms with Crippen LogP contribution in [-0.4, -0.2) is 5.78 Å². The van der Waals surface area contributed by atoms with E-state index in [0.717, 1.165) is 52.6 Å². The Kier molecular flexibility index (Phi) is 5.61. The molecule has 2 heteroatoms. The third-order valence-corrected chi connectivity index (χ3v) is 4.62. The Morgan fingerprint density at radius 1 is 0.846 bits per heavy atom. The van der Waals surface area contributed by atoms with Gasteiger partial charge in [0.2, 0.25) is 0 Å². The third kappa shape index (κ3) is 4.07. The Labute approximate surface area is 154 Å². The summed E-state index contributed by atoms with van der Waals surface area (Å²) < 4.78 is 0. The average Bonchev–Trinajstić information content (AvgIpc) is 2.69. The van der Waals surface area contributed by atoms with Crippen LogP contribution in [0.15, 0.2) is 72.8 Å². The summed E-state index contributed by atoms with van der Waals surface area (Å²) in [6, 6.07) is 26.2. The molecule has 0 unspecified atom stereocenters. The zero-order valence-corrected chi connectivity index (χ0v) is 14.9. The van der Waals surface area contributed by atoms with Gasteiger partial charge in [0, 0.05) is 5.56 Å². The molecule has 3 aromatic carbocycles. The molecule has 0 aliphatic heterocycles. The lowest BCUT2D eigenvalue weighted by Gasteiger charge is -2.11. The number of hydrogen-bond acceptors (Lipinski definition) is 2. The highest BCUT2D eigenvalue weighted by Gasteiger charge is 2.10. The molecule has 0 N–H and O–H groups in total. The molecule has 0 atom stereocenters. The van der Waals surface area contributed by atoms with Crippen LogP contribution in [0, 0.1) is 11.3 Å². The molecule has 0 saturated heterocycles. The minimum absolute atomic E-state index is 0.0945. The van der Waals surface area contributed by atoms with Crippen LogP contribution in [0.4, 0.5) is 0 Å². The molecule has 0 aromatic heterocycles. The van der Waals surface area contributed by atoms with E-state index >= 15 is 0 Å². The molecule has 0 amide bonds. The molecule has 0 radical (unpaired) electrons. The maximum atomic E-state index is 12.0. The van der Waals surface area contributed by atoms with Gasteiger partial charge in [0.05, 0.1) is 11.6 Å². The summed E-state index contributed by atoms with van der Waals surface area (Å²) in [5.41, 5.74) is 5.95. The summed E-state index contributed by atoms with van der Waals surface area (Å²) in [6.07, 6.45) is 2.54. The Hall–Kier alpha value is -3.18. The summed E-state index contributed by atoms with van der Waals surface area (Å²) in [5.74, 6) is 0.0945. The lowest BCUT2D eigenvalue weighted by Crippen LogP contribution is -2.01. The monoisotopic (exact) mass is 339 g/mol. The zero-order chi connectivity index (χ0) is 18.4.